The number of carbonyl (C=O) groups excluding carboxylic acids is 1. The second-order valence-electron chi connectivity index (χ2n) is 8.95. The quantitative estimate of drug-likeness (QED) is 0.632. The number of para-hydroxylation sites is 1. The molecule has 0 aliphatic heterocycles. The summed E-state index contributed by atoms with van der Waals surface area (Å²) >= 11 is 0. The molecule has 7 nitrogen and oxygen atoms in total. The third-order valence-corrected chi connectivity index (χ3v) is 4.27. The SMILES string of the molecule is CCOCc1nc2cnc3ccccc3c2n1N(C(=O)OC(C)(C)C)C(C)(C)C. The maximum Gasteiger partial charge on any atom is 0.430 e. The Morgan fingerprint density at radius 3 is 2.41 bits per heavy atom. The van der Waals surface area contributed by atoms with E-state index in [1.807, 2.05) is 77.4 Å². The van der Waals surface area contributed by atoms with Crippen LogP contribution < -0.4 is 5.01 Å². The van der Waals surface area contributed by atoms with Gasteiger partial charge >= 0.3 is 6.09 Å². The average molecular weight is 399 g/mol. The molecular formula is C22H30N4O3. The number of carbonyl (C=O) groups is 1. The third-order valence-electron chi connectivity index (χ3n) is 4.27. The van der Waals surface area contributed by atoms with Gasteiger partial charge in [0.05, 0.1) is 17.3 Å². The van der Waals surface area contributed by atoms with Crippen molar-refractivity contribution in [1.82, 2.24) is 14.6 Å². The van der Waals surface area contributed by atoms with Crippen molar-refractivity contribution in [2.75, 3.05) is 11.6 Å². The molecule has 29 heavy (non-hydrogen) atoms. The summed E-state index contributed by atoms with van der Waals surface area (Å²) < 4.78 is 13.3. The summed E-state index contributed by atoms with van der Waals surface area (Å²) in [6.07, 6.45) is 1.29. The molecule has 0 saturated carbocycles. The lowest BCUT2D eigenvalue weighted by molar-refractivity contribution is 0.0488. The normalized spacial score (nSPS) is 12.5. The van der Waals surface area contributed by atoms with E-state index in [1.54, 1.807) is 11.2 Å². The number of benzene rings is 1. The molecule has 3 aromatic rings. The molecule has 2 heterocycles. The van der Waals surface area contributed by atoms with Gasteiger partial charge < -0.3 is 9.47 Å². The van der Waals surface area contributed by atoms with Crippen molar-refractivity contribution in [3.05, 3.63) is 36.3 Å². The number of pyridine rings is 1. The zero-order valence-corrected chi connectivity index (χ0v) is 18.3. The average Bonchev–Trinajstić information content (AvgIpc) is 2.96. The van der Waals surface area contributed by atoms with Crippen molar-refractivity contribution in [3.63, 3.8) is 0 Å². The van der Waals surface area contributed by atoms with E-state index >= 15 is 0 Å². The molecule has 7 heteroatoms. The minimum atomic E-state index is -0.624. The first-order valence-electron chi connectivity index (χ1n) is 9.89. The Balaban J connectivity index is 2.32. The molecule has 0 aliphatic carbocycles. The zero-order chi connectivity index (χ0) is 21.4. The van der Waals surface area contributed by atoms with Gasteiger partial charge in [0.25, 0.3) is 0 Å². The maximum atomic E-state index is 13.3. The van der Waals surface area contributed by atoms with Crippen LogP contribution in [0.3, 0.4) is 0 Å². The van der Waals surface area contributed by atoms with E-state index in [0.29, 0.717) is 17.9 Å². The van der Waals surface area contributed by atoms with Crippen LogP contribution >= 0.6 is 0 Å². The molecule has 0 atom stereocenters. The Labute approximate surface area is 171 Å². The number of aromatic nitrogens is 3. The zero-order valence-electron chi connectivity index (χ0n) is 18.3. The van der Waals surface area contributed by atoms with Gasteiger partial charge in [0, 0.05) is 12.0 Å². The number of nitrogens with zero attached hydrogens (tertiary/aromatic N) is 4. The molecular weight excluding hydrogens is 368 g/mol. The fourth-order valence-corrected chi connectivity index (χ4v) is 3.20. The van der Waals surface area contributed by atoms with Crippen molar-refractivity contribution in [1.29, 1.82) is 0 Å². The summed E-state index contributed by atoms with van der Waals surface area (Å²) in [6, 6.07) is 7.84. The van der Waals surface area contributed by atoms with E-state index in [0.717, 1.165) is 16.4 Å². The van der Waals surface area contributed by atoms with E-state index in [4.69, 9.17) is 14.5 Å². The number of hydrogen-bond donors (Lipinski definition) is 0. The first kappa shape index (κ1) is 21.0. The van der Waals surface area contributed by atoms with E-state index in [1.165, 1.54) is 0 Å². The van der Waals surface area contributed by atoms with Gasteiger partial charge in [-0.15, -0.1) is 0 Å². The highest BCUT2D eigenvalue weighted by Crippen LogP contribution is 2.29. The van der Waals surface area contributed by atoms with Crippen LogP contribution in [0.1, 0.15) is 54.3 Å². The monoisotopic (exact) mass is 398 g/mol. The molecule has 2 aromatic heterocycles. The van der Waals surface area contributed by atoms with Crippen LogP contribution in [0.25, 0.3) is 21.9 Å². The molecule has 0 spiro atoms. The van der Waals surface area contributed by atoms with Crippen molar-refractivity contribution in [3.8, 4) is 0 Å². The molecule has 156 valence electrons. The van der Waals surface area contributed by atoms with Crippen LogP contribution in [0.5, 0.6) is 0 Å². The molecule has 0 aliphatic rings. The largest absolute Gasteiger partial charge is 0.442 e. The predicted molar refractivity (Wildman–Crippen MR) is 115 cm³/mol. The summed E-state index contributed by atoms with van der Waals surface area (Å²) in [4.78, 5) is 22.6. The Morgan fingerprint density at radius 2 is 1.79 bits per heavy atom. The minimum absolute atomic E-state index is 0.273. The number of ether oxygens (including phenoxy) is 2. The molecule has 0 N–H and O–H groups in total. The molecule has 0 radical (unpaired) electrons. The standard InChI is InChI=1S/C22H30N4O3/c1-8-28-14-18-24-17-13-23-16-12-10-9-11-15(16)19(17)25(18)26(21(2,3)4)20(27)29-22(5,6)7/h9-13H,8,14H2,1-7H3. The second-order valence-corrected chi connectivity index (χ2v) is 8.95. The number of amides is 1. The molecule has 0 fully saturated rings. The molecule has 0 saturated heterocycles. The van der Waals surface area contributed by atoms with E-state index < -0.39 is 17.2 Å². The number of hydrogen-bond acceptors (Lipinski definition) is 5. The molecule has 0 bridgehead atoms. The van der Waals surface area contributed by atoms with Gasteiger partial charge in [0.2, 0.25) is 0 Å². The lowest BCUT2D eigenvalue weighted by atomic mass is 10.1. The fraction of sp³-hybridized carbons (Fsp3) is 0.500. The Hall–Kier alpha value is -2.67. The van der Waals surface area contributed by atoms with Crippen LogP contribution in [0.15, 0.2) is 30.5 Å². The topological polar surface area (TPSA) is 69.5 Å². The van der Waals surface area contributed by atoms with Crippen LogP contribution in [0.4, 0.5) is 4.79 Å². The third kappa shape index (κ3) is 4.34. The van der Waals surface area contributed by atoms with Gasteiger partial charge in [0.15, 0.2) is 5.82 Å². The Bertz CT molecular complexity index is 1030. The lowest BCUT2D eigenvalue weighted by Crippen LogP contribution is -2.55. The fourth-order valence-electron chi connectivity index (χ4n) is 3.20. The van der Waals surface area contributed by atoms with Crippen molar-refractivity contribution in [2.45, 2.75) is 66.2 Å². The highest BCUT2D eigenvalue weighted by atomic mass is 16.6. The number of fused-ring (bicyclic) bond motifs is 3. The Morgan fingerprint density at radius 1 is 1.10 bits per heavy atom. The maximum absolute atomic E-state index is 13.3. The van der Waals surface area contributed by atoms with Crippen LogP contribution in [-0.4, -0.2) is 38.5 Å². The van der Waals surface area contributed by atoms with Gasteiger partial charge in [-0.2, -0.15) is 0 Å². The van der Waals surface area contributed by atoms with E-state index in [-0.39, 0.29) is 6.61 Å². The van der Waals surface area contributed by atoms with Gasteiger partial charge in [-0.05, 0) is 54.5 Å². The smallest absolute Gasteiger partial charge is 0.430 e. The summed E-state index contributed by atoms with van der Waals surface area (Å²) in [5, 5.41) is 2.53. The van der Waals surface area contributed by atoms with E-state index in [2.05, 4.69) is 4.98 Å². The van der Waals surface area contributed by atoms with Crippen molar-refractivity contribution in [2.24, 2.45) is 0 Å². The van der Waals surface area contributed by atoms with Crippen molar-refractivity contribution < 1.29 is 14.3 Å². The van der Waals surface area contributed by atoms with Crippen LogP contribution in [0.2, 0.25) is 0 Å². The number of imidazole rings is 1. The molecule has 1 amide bonds. The minimum Gasteiger partial charge on any atom is -0.442 e. The summed E-state index contributed by atoms with van der Waals surface area (Å²) in [7, 11) is 0. The predicted octanol–water partition coefficient (Wildman–Crippen LogP) is 4.79. The second kappa shape index (κ2) is 7.63. The molecule has 1 aromatic carbocycles. The number of rotatable bonds is 4. The van der Waals surface area contributed by atoms with Crippen LogP contribution in [-0.2, 0) is 16.1 Å². The molecule has 0 unspecified atom stereocenters. The highest BCUT2D eigenvalue weighted by molar-refractivity contribution is 6.03. The Kier molecular flexibility index (Phi) is 5.54. The first-order chi connectivity index (χ1) is 13.5. The summed E-state index contributed by atoms with van der Waals surface area (Å²) in [5.41, 5.74) is 1.16. The van der Waals surface area contributed by atoms with Crippen molar-refractivity contribution >= 4 is 28.0 Å². The van der Waals surface area contributed by atoms with Gasteiger partial charge in [-0.25, -0.2) is 19.5 Å². The lowest BCUT2D eigenvalue weighted by Gasteiger charge is -2.38. The highest BCUT2D eigenvalue weighted by Gasteiger charge is 2.35. The summed E-state index contributed by atoms with van der Waals surface area (Å²) in [5.74, 6) is 0.626. The van der Waals surface area contributed by atoms with Gasteiger partial charge in [-0.3, -0.25) is 4.98 Å². The first-order valence-corrected chi connectivity index (χ1v) is 9.89. The molecule has 3 rings (SSSR count). The van der Waals surface area contributed by atoms with Gasteiger partial charge in [0.1, 0.15) is 23.2 Å². The van der Waals surface area contributed by atoms with E-state index in [9.17, 15) is 4.79 Å². The van der Waals surface area contributed by atoms with Crippen LogP contribution in [0, 0.1) is 0 Å². The summed E-state index contributed by atoms with van der Waals surface area (Å²) in [6.45, 7) is 14.2. The van der Waals surface area contributed by atoms with Gasteiger partial charge in [-0.1, -0.05) is 18.2 Å².